The maximum absolute atomic E-state index is 5.35. The summed E-state index contributed by atoms with van der Waals surface area (Å²) in [7, 11) is 0. The average Bonchev–Trinajstić information content (AvgIpc) is 3.08. The second-order valence-corrected chi connectivity index (χ2v) is 4.38. The molecule has 6 heteroatoms. The van der Waals surface area contributed by atoms with Crippen LogP contribution >= 0.6 is 0 Å². The molecule has 1 N–H and O–H groups in total. The van der Waals surface area contributed by atoms with Gasteiger partial charge in [-0.1, -0.05) is 11.3 Å². The van der Waals surface area contributed by atoms with Crippen LogP contribution in [0.3, 0.4) is 0 Å². The van der Waals surface area contributed by atoms with Crippen LogP contribution in [-0.4, -0.2) is 28.3 Å². The minimum atomic E-state index is 0.324. The van der Waals surface area contributed by atoms with Crippen LogP contribution in [-0.2, 0) is 13.1 Å². The van der Waals surface area contributed by atoms with Gasteiger partial charge in [-0.05, 0) is 30.7 Å². The monoisotopic (exact) mass is 260 g/mol. The number of nitrogens with zero attached hydrogens (tertiary/aromatic N) is 3. The average molecular weight is 260 g/mol. The summed E-state index contributed by atoms with van der Waals surface area (Å²) in [6.07, 6.45) is 4.59. The van der Waals surface area contributed by atoms with Gasteiger partial charge < -0.3 is 14.8 Å². The van der Waals surface area contributed by atoms with Crippen molar-refractivity contribution in [3.8, 4) is 11.5 Å². The van der Waals surface area contributed by atoms with Crippen LogP contribution in [0.15, 0.2) is 30.6 Å². The summed E-state index contributed by atoms with van der Waals surface area (Å²) < 4.78 is 12.5. The Labute approximate surface area is 111 Å². The number of hydrogen-bond acceptors (Lipinski definition) is 5. The number of rotatable bonds is 6. The molecule has 3 rings (SSSR count). The fourth-order valence-electron chi connectivity index (χ4n) is 2.00. The van der Waals surface area contributed by atoms with Crippen molar-refractivity contribution >= 4 is 0 Å². The number of benzene rings is 1. The molecule has 0 saturated carbocycles. The van der Waals surface area contributed by atoms with Gasteiger partial charge in [-0.25, -0.2) is 0 Å². The Bertz CT molecular complexity index is 527. The topological polar surface area (TPSA) is 61.2 Å². The molecule has 1 aromatic heterocycles. The molecular weight excluding hydrogens is 244 g/mol. The van der Waals surface area contributed by atoms with E-state index in [0.29, 0.717) is 6.79 Å². The second-order valence-electron chi connectivity index (χ2n) is 4.38. The molecular formula is C13H16N4O2. The van der Waals surface area contributed by atoms with Gasteiger partial charge in [-0.2, -0.15) is 0 Å². The van der Waals surface area contributed by atoms with Gasteiger partial charge in [0.1, 0.15) is 0 Å². The molecule has 0 amide bonds. The molecule has 0 bridgehead atoms. The number of nitrogens with one attached hydrogen (secondary N) is 1. The van der Waals surface area contributed by atoms with Crippen LogP contribution in [0, 0.1) is 0 Å². The first kappa shape index (κ1) is 12.0. The lowest BCUT2D eigenvalue weighted by molar-refractivity contribution is 0.174. The van der Waals surface area contributed by atoms with Gasteiger partial charge in [0.05, 0.1) is 6.20 Å². The summed E-state index contributed by atoms with van der Waals surface area (Å²) >= 11 is 0. The van der Waals surface area contributed by atoms with Gasteiger partial charge in [0, 0.05) is 19.3 Å². The highest BCUT2D eigenvalue weighted by Crippen LogP contribution is 2.32. The first-order valence-corrected chi connectivity index (χ1v) is 6.35. The number of aromatic nitrogens is 3. The van der Waals surface area contributed by atoms with Crippen LogP contribution in [0.5, 0.6) is 11.5 Å². The Hall–Kier alpha value is -2.08. The Balaban J connectivity index is 1.40. The van der Waals surface area contributed by atoms with Crippen molar-refractivity contribution in [3.63, 3.8) is 0 Å². The highest BCUT2D eigenvalue weighted by atomic mass is 16.7. The Morgan fingerprint density at radius 1 is 1.26 bits per heavy atom. The quantitative estimate of drug-likeness (QED) is 0.790. The molecule has 0 saturated heterocycles. The number of ether oxygens (including phenoxy) is 2. The van der Waals surface area contributed by atoms with E-state index in [0.717, 1.165) is 37.6 Å². The predicted octanol–water partition coefficient (Wildman–Crippen LogP) is 1.19. The smallest absolute Gasteiger partial charge is 0.231 e. The van der Waals surface area contributed by atoms with E-state index in [-0.39, 0.29) is 0 Å². The maximum Gasteiger partial charge on any atom is 0.231 e. The lowest BCUT2D eigenvalue weighted by Crippen LogP contribution is -2.16. The van der Waals surface area contributed by atoms with E-state index in [9.17, 15) is 0 Å². The lowest BCUT2D eigenvalue weighted by Gasteiger charge is -2.06. The molecule has 2 heterocycles. The highest BCUT2D eigenvalue weighted by molar-refractivity contribution is 5.44. The summed E-state index contributed by atoms with van der Waals surface area (Å²) in [6.45, 7) is 2.97. The van der Waals surface area contributed by atoms with Crippen molar-refractivity contribution in [2.45, 2.75) is 19.5 Å². The zero-order valence-electron chi connectivity index (χ0n) is 10.6. The molecule has 0 aliphatic carbocycles. The first-order valence-electron chi connectivity index (χ1n) is 6.35. The molecule has 0 atom stereocenters. The molecule has 0 radical (unpaired) electrons. The second kappa shape index (κ2) is 5.71. The van der Waals surface area contributed by atoms with Crippen molar-refractivity contribution in [1.29, 1.82) is 0 Å². The molecule has 0 spiro atoms. The number of aryl methyl sites for hydroxylation is 1. The normalized spacial score (nSPS) is 12.8. The molecule has 19 heavy (non-hydrogen) atoms. The van der Waals surface area contributed by atoms with Gasteiger partial charge in [-0.15, -0.1) is 5.10 Å². The van der Waals surface area contributed by atoms with Gasteiger partial charge >= 0.3 is 0 Å². The van der Waals surface area contributed by atoms with E-state index in [2.05, 4.69) is 21.7 Å². The number of hydrogen-bond donors (Lipinski definition) is 1. The van der Waals surface area contributed by atoms with E-state index in [1.54, 1.807) is 6.20 Å². The Morgan fingerprint density at radius 3 is 3.11 bits per heavy atom. The van der Waals surface area contributed by atoms with E-state index in [4.69, 9.17) is 9.47 Å². The van der Waals surface area contributed by atoms with E-state index in [1.165, 1.54) is 5.56 Å². The molecule has 1 aliphatic rings. The van der Waals surface area contributed by atoms with E-state index < -0.39 is 0 Å². The lowest BCUT2D eigenvalue weighted by atomic mass is 10.2. The molecule has 0 unspecified atom stereocenters. The largest absolute Gasteiger partial charge is 0.454 e. The first-order chi connectivity index (χ1) is 9.42. The minimum absolute atomic E-state index is 0.324. The maximum atomic E-state index is 5.35. The zero-order valence-corrected chi connectivity index (χ0v) is 10.6. The van der Waals surface area contributed by atoms with Crippen molar-refractivity contribution in [3.05, 3.63) is 36.2 Å². The zero-order chi connectivity index (χ0) is 12.9. The van der Waals surface area contributed by atoms with Crippen LogP contribution < -0.4 is 14.8 Å². The molecule has 0 fully saturated rings. The Kier molecular flexibility index (Phi) is 3.60. The van der Waals surface area contributed by atoms with Crippen LogP contribution in [0.4, 0.5) is 0 Å². The fourth-order valence-corrected chi connectivity index (χ4v) is 2.00. The van der Waals surface area contributed by atoms with Crippen molar-refractivity contribution in [2.24, 2.45) is 0 Å². The van der Waals surface area contributed by atoms with Crippen molar-refractivity contribution < 1.29 is 9.47 Å². The van der Waals surface area contributed by atoms with Crippen LogP contribution in [0.25, 0.3) is 0 Å². The molecule has 1 aliphatic heterocycles. The summed E-state index contributed by atoms with van der Waals surface area (Å²) in [5.41, 5.74) is 1.20. The standard InChI is InChI=1S/C13H16N4O2/c1(6-17-7-5-15-16-17)4-14-9-11-2-3-12-13(8-11)19-10-18-12/h2-3,5,7-8,14H,1,4,6,9-10H2. The molecule has 6 nitrogen and oxygen atoms in total. The fraction of sp³-hybridized carbons (Fsp3) is 0.385. The van der Waals surface area contributed by atoms with E-state index in [1.807, 2.05) is 23.0 Å². The van der Waals surface area contributed by atoms with Gasteiger partial charge in [0.25, 0.3) is 0 Å². The summed E-state index contributed by atoms with van der Waals surface area (Å²) in [5, 5.41) is 11.1. The van der Waals surface area contributed by atoms with Crippen molar-refractivity contribution in [2.75, 3.05) is 13.3 Å². The summed E-state index contributed by atoms with van der Waals surface area (Å²) in [4.78, 5) is 0. The molecule has 2 aromatic rings. The van der Waals surface area contributed by atoms with Gasteiger partial charge in [0.15, 0.2) is 11.5 Å². The van der Waals surface area contributed by atoms with Gasteiger partial charge in [0.2, 0.25) is 6.79 Å². The number of fused-ring (bicyclic) bond motifs is 1. The van der Waals surface area contributed by atoms with Crippen molar-refractivity contribution in [1.82, 2.24) is 20.3 Å². The minimum Gasteiger partial charge on any atom is -0.454 e. The predicted molar refractivity (Wildman–Crippen MR) is 68.9 cm³/mol. The Morgan fingerprint density at radius 2 is 2.21 bits per heavy atom. The molecule has 1 aromatic carbocycles. The summed E-state index contributed by atoms with van der Waals surface area (Å²) in [6, 6.07) is 6.03. The van der Waals surface area contributed by atoms with Crippen LogP contribution in [0.1, 0.15) is 12.0 Å². The third kappa shape index (κ3) is 3.03. The van der Waals surface area contributed by atoms with Crippen LogP contribution in [0.2, 0.25) is 0 Å². The molecule has 100 valence electrons. The third-order valence-corrected chi connectivity index (χ3v) is 2.98. The highest BCUT2D eigenvalue weighted by Gasteiger charge is 2.12. The third-order valence-electron chi connectivity index (χ3n) is 2.98. The van der Waals surface area contributed by atoms with Gasteiger partial charge in [-0.3, -0.25) is 4.68 Å². The SMILES string of the molecule is c1cn(CCCNCc2ccc3c(c2)OCO3)nn1. The summed E-state index contributed by atoms with van der Waals surface area (Å²) in [5.74, 6) is 1.66. The van der Waals surface area contributed by atoms with E-state index >= 15 is 0 Å².